The number of nitrogens with zero attached hydrogens (tertiary/aromatic N) is 2. The summed E-state index contributed by atoms with van der Waals surface area (Å²) in [6.45, 7) is 3.97. The van der Waals surface area contributed by atoms with Crippen molar-refractivity contribution >= 4 is 5.91 Å². The topological polar surface area (TPSA) is 62.6 Å². The van der Waals surface area contributed by atoms with Gasteiger partial charge in [0.1, 0.15) is 24.1 Å². The molecule has 0 aromatic heterocycles. The number of ether oxygens (including phenoxy) is 2. The number of rotatable bonds is 0. The largest absolute Gasteiger partial charge is 0.485 e. The number of morpholine rings is 1. The van der Waals surface area contributed by atoms with Gasteiger partial charge in [-0.15, -0.1) is 0 Å². The van der Waals surface area contributed by atoms with Crippen LogP contribution in [0.1, 0.15) is 31.0 Å². The van der Waals surface area contributed by atoms with Crippen molar-refractivity contribution in [2.75, 3.05) is 13.7 Å². The third kappa shape index (κ3) is 1.76. The van der Waals surface area contributed by atoms with Crippen LogP contribution in [0.3, 0.4) is 0 Å². The molecule has 1 amide bonds. The minimum absolute atomic E-state index is 0.0581. The van der Waals surface area contributed by atoms with E-state index in [2.05, 4.69) is 6.07 Å². The number of hydrogen-bond acceptors (Lipinski definition) is 4. The second kappa shape index (κ2) is 4.22. The summed E-state index contributed by atoms with van der Waals surface area (Å²) in [6, 6.07) is 7.19. The molecule has 0 aliphatic carbocycles. The van der Waals surface area contributed by atoms with Crippen LogP contribution in [0.2, 0.25) is 0 Å². The molecule has 1 aromatic carbocycles. The molecule has 0 spiro atoms. The number of carbonyl (C=O) groups excluding carboxylic acids is 1. The van der Waals surface area contributed by atoms with Gasteiger partial charge in [-0.1, -0.05) is 0 Å². The molecule has 2 atom stereocenters. The van der Waals surface area contributed by atoms with Crippen molar-refractivity contribution in [3.63, 3.8) is 0 Å². The SMILES string of the molecule is CN1C(=O)CO[C@@H]2[C@H]1c1cc(C#N)ccc1OC2(C)C. The van der Waals surface area contributed by atoms with E-state index in [-0.39, 0.29) is 24.7 Å². The molecule has 0 bridgehead atoms. The summed E-state index contributed by atoms with van der Waals surface area (Å²) in [5.74, 6) is 0.651. The Morgan fingerprint density at radius 1 is 1.45 bits per heavy atom. The van der Waals surface area contributed by atoms with Gasteiger partial charge >= 0.3 is 0 Å². The highest BCUT2D eigenvalue weighted by Crippen LogP contribution is 2.45. The zero-order chi connectivity index (χ0) is 14.5. The Labute approximate surface area is 117 Å². The molecule has 1 aromatic rings. The van der Waals surface area contributed by atoms with Crippen molar-refractivity contribution in [3.05, 3.63) is 29.3 Å². The number of carbonyl (C=O) groups is 1. The molecule has 2 aliphatic rings. The van der Waals surface area contributed by atoms with Gasteiger partial charge in [0.25, 0.3) is 0 Å². The first kappa shape index (κ1) is 12.9. The van der Waals surface area contributed by atoms with Crippen molar-refractivity contribution in [2.24, 2.45) is 0 Å². The second-order valence-corrected chi connectivity index (χ2v) is 5.75. The molecule has 104 valence electrons. The molecular weight excluding hydrogens is 256 g/mol. The molecule has 0 unspecified atom stereocenters. The van der Waals surface area contributed by atoms with Crippen LogP contribution in [-0.2, 0) is 9.53 Å². The molecule has 1 saturated heterocycles. The highest BCUT2D eigenvalue weighted by molar-refractivity contribution is 5.79. The van der Waals surface area contributed by atoms with E-state index in [1.807, 2.05) is 13.8 Å². The van der Waals surface area contributed by atoms with E-state index >= 15 is 0 Å². The smallest absolute Gasteiger partial charge is 0.248 e. The third-order valence-corrected chi connectivity index (χ3v) is 4.00. The Balaban J connectivity index is 2.16. The maximum absolute atomic E-state index is 11.9. The monoisotopic (exact) mass is 272 g/mol. The molecule has 5 heteroatoms. The summed E-state index contributed by atoms with van der Waals surface area (Å²) in [5, 5.41) is 9.05. The number of nitriles is 1. The van der Waals surface area contributed by atoms with Crippen LogP contribution in [0.5, 0.6) is 5.75 Å². The first-order chi connectivity index (χ1) is 9.44. The van der Waals surface area contributed by atoms with Crippen molar-refractivity contribution in [1.82, 2.24) is 4.90 Å². The quantitative estimate of drug-likeness (QED) is 0.720. The van der Waals surface area contributed by atoms with Gasteiger partial charge in [-0.05, 0) is 32.0 Å². The lowest BCUT2D eigenvalue weighted by Gasteiger charge is -2.49. The predicted octanol–water partition coefficient (Wildman–Crippen LogP) is 1.63. The molecular formula is C15H16N2O3. The number of fused-ring (bicyclic) bond motifs is 3. The molecule has 2 heterocycles. The number of benzene rings is 1. The summed E-state index contributed by atoms with van der Waals surface area (Å²) in [5.41, 5.74) is 0.863. The molecule has 20 heavy (non-hydrogen) atoms. The van der Waals surface area contributed by atoms with Crippen molar-refractivity contribution in [3.8, 4) is 11.8 Å². The van der Waals surface area contributed by atoms with Crippen LogP contribution < -0.4 is 4.74 Å². The molecule has 3 rings (SSSR count). The van der Waals surface area contributed by atoms with Crippen LogP contribution in [0, 0.1) is 11.3 Å². The van der Waals surface area contributed by atoms with Crippen LogP contribution in [0.25, 0.3) is 0 Å². The average molecular weight is 272 g/mol. The summed E-state index contributed by atoms with van der Waals surface area (Å²) in [6.07, 6.45) is -0.244. The maximum atomic E-state index is 11.9. The standard InChI is InChI=1S/C15H16N2O3/c1-15(2)14-13(17(3)12(18)8-19-14)10-6-9(7-16)4-5-11(10)20-15/h4-6,13-14H,8H2,1-3H3/t13-,14-/m1/s1. The van der Waals surface area contributed by atoms with Crippen LogP contribution in [0.15, 0.2) is 18.2 Å². The van der Waals surface area contributed by atoms with E-state index < -0.39 is 5.60 Å². The molecule has 5 nitrogen and oxygen atoms in total. The van der Waals surface area contributed by atoms with E-state index in [1.54, 1.807) is 30.1 Å². The fourth-order valence-electron chi connectivity index (χ4n) is 2.95. The molecule has 1 fully saturated rings. The Kier molecular flexibility index (Phi) is 2.73. The third-order valence-electron chi connectivity index (χ3n) is 4.00. The van der Waals surface area contributed by atoms with Gasteiger partial charge in [-0.2, -0.15) is 5.26 Å². The first-order valence-corrected chi connectivity index (χ1v) is 6.54. The fraction of sp³-hybridized carbons (Fsp3) is 0.467. The van der Waals surface area contributed by atoms with Gasteiger partial charge in [0.15, 0.2) is 0 Å². The Morgan fingerprint density at radius 3 is 2.90 bits per heavy atom. The van der Waals surface area contributed by atoms with Gasteiger partial charge in [0, 0.05) is 12.6 Å². The van der Waals surface area contributed by atoms with Gasteiger partial charge in [0.2, 0.25) is 5.91 Å². The first-order valence-electron chi connectivity index (χ1n) is 6.54. The zero-order valence-corrected chi connectivity index (χ0v) is 11.7. The molecule has 0 radical (unpaired) electrons. The van der Waals surface area contributed by atoms with Crippen LogP contribution in [-0.4, -0.2) is 36.2 Å². The lowest BCUT2D eigenvalue weighted by atomic mass is 9.84. The summed E-state index contributed by atoms with van der Waals surface area (Å²) < 4.78 is 11.7. The number of likely N-dealkylation sites (N-methyl/N-ethyl adjacent to an activating group) is 1. The average Bonchev–Trinajstić information content (AvgIpc) is 2.41. The fourth-order valence-corrected chi connectivity index (χ4v) is 2.95. The summed E-state index contributed by atoms with van der Waals surface area (Å²) >= 11 is 0. The van der Waals surface area contributed by atoms with Crippen molar-refractivity contribution < 1.29 is 14.3 Å². The highest BCUT2D eigenvalue weighted by atomic mass is 16.6. The van der Waals surface area contributed by atoms with E-state index in [1.165, 1.54) is 0 Å². The molecule has 0 N–H and O–H groups in total. The van der Waals surface area contributed by atoms with Gasteiger partial charge in [-0.25, -0.2) is 0 Å². The van der Waals surface area contributed by atoms with E-state index in [0.717, 1.165) is 5.56 Å². The van der Waals surface area contributed by atoms with Crippen molar-refractivity contribution in [1.29, 1.82) is 5.26 Å². The van der Waals surface area contributed by atoms with Gasteiger partial charge in [0.05, 0.1) is 17.7 Å². The summed E-state index contributed by atoms with van der Waals surface area (Å²) in [7, 11) is 1.77. The maximum Gasteiger partial charge on any atom is 0.248 e. The normalized spacial score (nSPS) is 27.1. The van der Waals surface area contributed by atoms with E-state index in [9.17, 15) is 4.79 Å². The van der Waals surface area contributed by atoms with E-state index in [0.29, 0.717) is 11.3 Å². The summed E-state index contributed by atoms with van der Waals surface area (Å²) in [4.78, 5) is 13.6. The lowest BCUT2D eigenvalue weighted by molar-refractivity contribution is -0.179. The molecule has 0 saturated carbocycles. The van der Waals surface area contributed by atoms with Crippen molar-refractivity contribution in [2.45, 2.75) is 31.6 Å². The highest BCUT2D eigenvalue weighted by Gasteiger charge is 2.50. The lowest BCUT2D eigenvalue weighted by Crippen LogP contribution is -2.59. The minimum atomic E-state index is -0.527. The second-order valence-electron chi connectivity index (χ2n) is 5.75. The van der Waals surface area contributed by atoms with Gasteiger partial charge < -0.3 is 14.4 Å². The predicted molar refractivity (Wildman–Crippen MR) is 71.1 cm³/mol. The van der Waals surface area contributed by atoms with Gasteiger partial charge in [-0.3, -0.25) is 4.79 Å². The Hall–Kier alpha value is -2.06. The Morgan fingerprint density at radius 2 is 2.20 bits per heavy atom. The molecule has 2 aliphatic heterocycles. The van der Waals surface area contributed by atoms with E-state index in [4.69, 9.17) is 14.7 Å². The van der Waals surface area contributed by atoms with Crippen LogP contribution in [0.4, 0.5) is 0 Å². The van der Waals surface area contributed by atoms with Crippen LogP contribution >= 0.6 is 0 Å². The minimum Gasteiger partial charge on any atom is -0.485 e. The Bertz CT molecular complexity index is 618. The number of hydrogen-bond donors (Lipinski definition) is 0. The number of amides is 1. The zero-order valence-electron chi connectivity index (χ0n) is 11.7.